The minimum absolute atomic E-state index is 0.175. The number of nitrogens with one attached hydrogen (secondary N) is 1. The molecule has 0 aliphatic rings. The Morgan fingerprint density at radius 1 is 1.21 bits per heavy atom. The van der Waals surface area contributed by atoms with Crippen LogP contribution in [0.5, 0.6) is 5.75 Å². The molecular weight excluding hydrogens is 444 g/mol. The summed E-state index contributed by atoms with van der Waals surface area (Å²) in [5.74, 6) is 0.0484. The van der Waals surface area contributed by atoms with Crippen molar-refractivity contribution in [2.75, 3.05) is 13.7 Å². The van der Waals surface area contributed by atoms with Crippen LogP contribution >= 0.6 is 27.5 Å². The van der Waals surface area contributed by atoms with Crippen LogP contribution in [0.1, 0.15) is 25.0 Å². The van der Waals surface area contributed by atoms with Crippen LogP contribution in [0.3, 0.4) is 0 Å². The van der Waals surface area contributed by atoms with Gasteiger partial charge in [0.25, 0.3) is 5.91 Å². The van der Waals surface area contributed by atoms with E-state index in [1.807, 2.05) is 30.3 Å². The van der Waals surface area contributed by atoms with Crippen LogP contribution in [-0.2, 0) is 22.6 Å². The molecule has 0 bridgehead atoms. The molecule has 0 spiro atoms. The summed E-state index contributed by atoms with van der Waals surface area (Å²) in [4.78, 5) is 26.5. The maximum atomic E-state index is 12.9. The molecule has 150 valence electrons. The van der Waals surface area contributed by atoms with Gasteiger partial charge in [0.2, 0.25) is 5.91 Å². The van der Waals surface area contributed by atoms with E-state index >= 15 is 0 Å². The van der Waals surface area contributed by atoms with Crippen LogP contribution in [0.15, 0.2) is 46.9 Å². The average molecular weight is 468 g/mol. The van der Waals surface area contributed by atoms with Crippen molar-refractivity contribution in [2.24, 2.45) is 0 Å². The summed E-state index contributed by atoms with van der Waals surface area (Å²) in [6.07, 6.45) is 0.912. The van der Waals surface area contributed by atoms with Crippen molar-refractivity contribution in [1.29, 1.82) is 0 Å². The molecule has 0 fully saturated rings. The van der Waals surface area contributed by atoms with Gasteiger partial charge in [-0.25, -0.2) is 0 Å². The van der Waals surface area contributed by atoms with Gasteiger partial charge in [0, 0.05) is 18.6 Å². The lowest BCUT2D eigenvalue weighted by Gasteiger charge is -2.28. The third-order valence-electron chi connectivity index (χ3n) is 4.41. The molecule has 28 heavy (non-hydrogen) atoms. The van der Waals surface area contributed by atoms with E-state index < -0.39 is 6.04 Å². The Hall–Kier alpha value is -2.05. The van der Waals surface area contributed by atoms with E-state index in [4.69, 9.17) is 16.3 Å². The smallest absolute Gasteiger partial charge is 0.261 e. The van der Waals surface area contributed by atoms with Crippen LogP contribution in [0.4, 0.5) is 0 Å². The summed E-state index contributed by atoms with van der Waals surface area (Å²) in [7, 11) is 1.55. The summed E-state index contributed by atoms with van der Waals surface area (Å²) >= 11 is 9.52. The molecule has 2 rings (SSSR count). The fourth-order valence-corrected chi connectivity index (χ4v) is 3.48. The summed E-state index contributed by atoms with van der Waals surface area (Å²) in [6.45, 7) is 3.84. The number of hydrogen-bond donors (Lipinski definition) is 1. The molecule has 0 radical (unpaired) electrons. The first-order chi connectivity index (χ1) is 13.3. The Balaban J connectivity index is 2.15. The number of aryl methyl sites for hydroxylation is 1. The fourth-order valence-electron chi connectivity index (χ4n) is 2.73. The molecule has 0 saturated carbocycles. The van der Waals surface area contributed by atoms with Gasteiger partial charge < -0.3 is 15.0 Å². The predicted molar refractivity (Wildman–Crippen MR) is 115 cm³/mol. The standard InChI is InChI=1S/C21H24BrClN2O3/c1-4-15-8-9-19(18(22)11-15)28-13-20(26)25(14(2)21(27)24-3)12-16-6-5-7-17(23)10-16/h5-11,14H,4,12-13H2,1-3H3,(H,24,27)/t14-/m1/s1. The maximum absolute atomic E-state index is 12.9. The molecule has 2 amide bonds. The number of carbonyl (C=O) groups is 2. The number of carbonyl (C=O) groups excluding carboxylic acids is 2. The van der Waals surface area contributed by atoms with Crippen molar-refractivity contribution in [2.45, 2.75) is 32.9 Å². The van der Waals surface area contributed by atoms with Crippen LogP contribution in [0.25, 0.3) is 0 Å². The minimum atomic E-state index is -0.647. The maximum Gasteiger partial charge on any atom is 0.261 e. The number of halogens is 2. The summed E-state index contributed by atoms with van der Waals surface area (Å²) in [6, 6.07) is 12.3. The zero-order valence-electron chi connectivity index (χ0n) is 16.2. The third-order valence-corrected chi connectivity index (χ3v) is 5.27. The Morgan fingerprint density at radius 3 is 2.57 bits per heavy atom. The Bertz CT molecular complexity index is 844. The third kappa shape index (κ3) is 5.97. The zero-order valence-corrected chi connectivity index (χ0v) is 18.5. The number of rotatable bonds is 8. The van der Waals surface area contributed by atoms with E-state index in [1.54, 1.807) is 26.1 Å². The SMILES string of the molecule is CCc1ccc(OCC(=O)N(Cc2cccc(Cl)c2)[C@H](C)C(=O)NC)c(Br)c1. The van der Waals surface area contributed by atoms with Crippen molar-refractivity contribution in [3.8, 4) is 5.75 Å². The molecule has 0 aliphatic heterocycles. The lowest BCUT2D eigenvalue weighted by atomic mass is 10.1. The van der Waals surface area contributed by atoms with Gasteiger partial charge in [-0.1, -0.05) is 36.7 Å². The Morgan fingerprint density at radius 2 is 1.96 bits per heavy atom. The van der Waals surface area contributed by atoms with Gasteiger partial charge in [-0.3, -0.25) is 9.59 Å². The molecule has 5 nitrogen and oxygen atoms in total. The number of nitrogens with zero attached hydrogens (tertiary/aromatic N) is 1. The summed E-state index contributed by atoms with van der Waals surface area (Å²) in [5.41, 5.74) is 2.01. The first kappa shape index (κ1) is 22.2. The van der Waals surface area contributed by atoms with Gasteiger partial charge >= 0.3 is 0 Å². The van der Waals surface area contributed by atoms with Gasteiger partial charge in [0.15, 0.2) is 6.61 Å². The normalized spacial score (nSPS) is 11.6. The number of benzene rings is 2. The van der Waals surface area contributed by atoms with Crippen molar-refractivity contribution in [3.05, 3.63) is 63.1 Å². The predicted octanol–water partition coefficient (Wildman–Crippen LogP) is 4.21. The number of hydrogen-bond acceptors (Lipinski definition) is 3. The number of likely N-dealkylation sites (N-methyl/N-ethyl adjacent to an activating group) is 1. The first-order valence-corrected chi connectivity index (χ1v) is 10.2. The van der Waals surface area contributed by atoms with Crippen LogP contribution in [-0.4, -0.2) is 36.4 Å². The van der Waals surface area contributed by atoms with Gasteiger partial charge in [0.05, 0.1) is 4.47 Å². The molecule has 2 aromatic rings. The minimum Gasteiger partial charge on any atom is -0.483 e. The summed E-state index contributed by atoms with van der Waals surface area (Å²) in [5, 5.41) is 3.16. The second-order valence-corrected chi connectivity index (χ2v) is 7.64. The molecule has 2 aromatic carbocycles. The summed E-state index contributed by atoms with van der Waals surface area (Å²) < 4.78 is 6.50. The van der Waals surface area contributed by atoms with Crippen LogP contribution in [0, 0.1) is 0 Å². The highest BCUT2D eigenvalue weighted by Gasteiger charge is 2.26. The zero-order chi connectivity index (χ0) is 20.7. The molecule has 0 saturated heterocycles. The largest absolute Gasteiger partial charge is 0.483 e. The van der Waals surface area contributed by atoms with Gasteiger partial charge in [-0.05, 0) is 64.7 Å². The molecule has 7 heteroatoms. The van der Waals surface area contributed by atoms with Gasteiger partial charge in [0.1, 0.15) is 11.8 Å². The molecule has 1 atom stereocenters. The van der Waals surface area contributed by atoms with Gasteiger partial charge in [-0.15, -0.1) is 0 Å². The van der Waals surface area contributed by atoms with Crippen molar-refractivity contribution in [1.82, 2.24) is 10.2 Å². The van der Waals surface area contributed by atoms with E-state index in [0.29, 0.717) is 10.8 Å². The van der Waals surface area contributed by atoms with E-state index in [0.717, 1.165) is 16.5 Å². The highest BCUT2D eigenvalue weighted by Crippen LogP contribution is 2.26. The van der Waals surface area contributed by atoms with Crippen molar-refractivity contribution in [3.63, 3.8) is 0 Å². The molecule has 1 N–H and O–H groups in total. The van der Waals surface area contributed by atoms with Crippen molar-refractivity contribution >= 4 is 39.3 Å². The van der Waals surface area contributed by atoms with Crippen molar-refractivity contribution < 1.29 is 14.3 Å². The fraction of sp³-hybridized carbons (Fsp3) is 0.333. The van der Waals surface area contributed by atoms with Gasteiger partial charge in [-0.2, -0.15) is 0 Å². The monoisotopic (exact) mass is 466 g/mol. The average Bonchev–Trinajstić information content (AvgIpc) is 2.69. The molecule has 0 heterocycles. The molecular formula is C21H24BrClN2O3. The highest BCUT2D eigenvalue weighted by atomic mass is 79.9. The molecule has 0 unspecified atom stereocenters. The number of amides is 2. The second kappa shape index (κ2) is 10.5. The Labute approximate surface area is 179 Å². The second-order valence-electron chi connectivity index (χ2n) is 6.35. The van der Waals surface area contributed by atoms with Crippen LogP contribution < -0.4 is 10.1 Å². The molecule has 0 aromatic heterocycles. The number of ether oxygens (including phenoxy) is 1. The lowest BCUT2D eigenvalue weighted by Crippen LogP contribution is -2.48. The van der Waals surface area contributed by atoms with E-state index in [1.165, 1.54) is 10.5 Å². The first-order valence-electron chi connectivity index (χ1n) is 9.02. The lowest BCUT2D eigenvalue weighted by molar-refractivity contribution is -0.142. The van der Waals surface area contributed by atoms with Crippen LogP contribution in [0.2, 0.25) is 5.02 Å². The van der Waals surface area contributed by atoms with E-state index in [9.17, 15) is 9.59 Å². The van der Waals surface area contributed by atoms with E-state index in [-0.39, 0.29) is 25.0 Å². The molecule has 0 aliphatic carbocycles. The highest BCUT2D eigenvalue weighted by molar-refractivity contribution is 9.10. The van der Waals surface area contributed by atoms with E-state index in [2.05, 4.69) is 28.2 Å². The topological polar surface area (TPSA) is 58.6 Å². The quantitative estimate of drug-likeness (QED) is 0.633. The Kier molecular flexibility index (Phi) is 8.33.